The Morgan fingerprint density at radius 1 is 1.42 bits per heavy atom. The van der Waals surface area contributed by atoms with E-state index in [0.29, 0.717) is 5.41 Å². The van der Waals surface area contributed by atoms with Crippen LogP contribution in [0.1, 0.15) is 32.6 Å². The van der Waals surface area contributed by atoms with Gasteiger partial charge in [-0.05, 0) is 50.0 Å². The monoisotopic (exact) mass is 286 g/mol. The first-order valence-electron chi connectivity index (χ1n) is 7.27. The number of carbonyl (C=O) groups is 1. The summed E-state index contributed by atoms with van der Waals surface area (Å²) in [5, 5.41) is 3.12. The molecule has 0 aromatic carbocycles. The molecule has 0 aromatic rings. The van der Waals surface area contributed by atoms with Crippen molar-refractivity contribution in [1.82, 2.24) is 10.2 Å². The fourth-order valence-electron chi connectivity index (χ4n) is 2.99. The second-order valence-corrected chi connectivity index (χ2v) is 6.90. The highest BCUT2D eigenvalue weighted by Gasteiger charge is 2.40. The SMILES string of the molecule is CSCC[C@@H](C)NC(=O)N1CCC2(CCOCC2)C1. The van der Waals surface area contributed by atoms with E-state index in [1.807, 2.05) is 16.7 Å². The summed E-state index contributed by atoms with van der Waals surface area (Å²) >= 11 is 1.83. The highest BCUT2D eigenvalue weighted by atomic mass is 32.2. The number of likely N-dealkylation sites (tertiary alicyclic amines) is 1. The van der Waals surface area contributed by atoms with Crippen molar-refractivity contribution < 1.29 is 9.53 Å². The predicted molar refractivity (Wildman–Crippen MR) is 79.7 cm³/mol. The molecule has 0 saturated carbocycles. The number of nitrogens with zero attached hydrogens (tertiary/aromatic N) is 1. The summed E-state index contributed by atoms with van der Waals surface area (Å²) in [6, 6.07) is 0.392. The number of nitrogens with one attached hydrogen (secondary N) is 1. The number of rotatable bonds is 4. The third-order valence-corrected chi connectivity index (χ3v) is 5.05. The van der Waals surface area contributed by atoms with Crippen LogP contribution in [0.2, 0.25) is 0 Å². The molecule has 4 nitrogen and oxygen atoms in total. The van der Waals surface area contributed by atoms with Crippen molar-refractivity contribution in [2.75, 3.05) is 38.3 Å². The molecular formula is C14H26N2O2S. The lowest BCUT2D eigenvalue weighted by molar-refractivity contribution is 0.0208. The van der Waals surface area contributed by atoms with Crippen LogP contribution in [-0.2, 0) is 4.74 Å². The fraction of sp³-hybridized carbons (Fsp3) is 0.929. The first-order chi connectivity index (χ1) is 9.15. The third kappa shape index (κ3) is 4.02. The molecule has 1 spiro atoms. The van der Waals surface area contributed by atoms with Gasteiger partial charge in [-0.15, -0.1) is 0 Å². The standard InChI is InChI=1S/C14H26N2O2S/c1-12(3-10-19-2)15-13(17)16-7-4-14(11-16)5-8-18-9-6-14/h12H,3-11H2,1-2H3,(H,15,17)/t12-/m1/s1. The maximum atomic E-state index is 12.2. The van der Waals surface area contributed by atoms with Gasteiger partial charge in [-0.2, -0.15) is 11.8 Å². The Bertz CT molecular complexity index is 306. The molecule has 0 bridgehead atoms. The van der Waals surface area contributed by atoms with Crippen LogP contribution < -0.4 is 5.32 Å². The zero-order valence-electron chi connectivity index (χ0n) is 12.1. The Balaban J connectivity index is 1.78. The molecule has 2 aliphatic heterocycles. The number of hydrogen-bond donors (Lipinski definition) is 1. The van der Waals surface area contributed by atoms with Crippen LogP contribution in [-0.4, -0.2) is 55.3 Å². The lowest BCUT2D eigenvalue weighted by Gasteiger charge is -2.33. The summed E-state index contributed by atoms with van der Waals surface area (Å²) in [5.74, 6) is 1.10. The molecule has 2 heterocycles. The summed E-state index contributed by atoms with van der Waals surface area (Å²) in [6.07, 6.45) is 6.50. The zero-order chi connectivity index (χ0) is 13.7. The van der Waals surface area contributed by atoms with E-state index in [2.05, 4.69) is 18.5 Å². The minimum absolute atomic E-state index is 0.122. The van der Waals surface area contributed by atoms with Crippen molar-refractivity contribution in [3.05, 3.63) is 0 Å². The fourth-order valence-corrected chi connectivity index (χ4v) is 3.58. The van der Waals surface area contributed by atoms with Gasteiger partial charge in [0.1, 0.15) is 0 Å². The van der Waals surface area contributed by atoms with Gasteiger partial charge in [-0.25, -0.2) is 4.79 Å². The Labute approximate surface area is 120 Å². The summed E-state index contributed by atoms with van der Waals surface area (Å²) < 4.78 is 5.44. The van der Waals surface area contributed by atoms with Gasteiger partial charge in [-0.1, -0.05) is 0 Å². The molecule has 2 fully saturated rings. The van der Waals surface area contributed by atoms with Gasteiger partial charge in [0.25, 0.3) is 0 Å². The quantitative estimate of drug-likeness (QED) is 0.862. The molecule has 5 heteroatoms. The van der Waals surface area contributed by atoms with Crippen LogP contribution in [0.15, 0.2) is 0 Å². The van der Waals surface area contributed by atoms with E-state index in [1.165, 1.54) is 0 Å². The van der Waals surface area contributed by atoms with Crippen LogP contribution >= 0.6 is 11.8 Å². The summed E-state index contributed by atoms with van der Waals surface area (Å²) in [5.41, 5.74) is 0.345. The number of urea groups is 1. The van der Waals surface area contributed by atoms with Crippen molar-refractivity contribution in [1.29, 1.82) is 0 Å². The van der Waals surface area contributed by atoms with Gasteiger partial charge < -0.3 is 15.0 Å². The molecule has 0 unspecified atom stereocenters. The third-order valence-electron chi connectivity index (χ3n) is 4.40. The van der Waals surface area contributed by atoms with E-state index in [-0.39, 0.29) is 12.1 Å². The number of amides is 2. The van der Waals surface area contributed by atoms with Crippen LogP contribution in [0.5, 0.6) is 0 Å². The van der Waals surface area contributed by atoms with Gasteiger partial charge in [0.05, 0.1) is 0 Å². The van der Waals surface area contributed by atoms with Gasteiger partial charge in [-0.3, -0.25) is 0 Å². The number of ether oxygens (including phenoxy) is 1. The minimum Gasteiger partial charge on any atom is -0.381 e. The molecule has 110 valence electrons. The molecule has 2 rings (SSSR count). The van der Waals surface area contributed by atoms with Crippen molar-refractivity contribution in [2.24, 2.45) is 5.41 Å². The Kier molecular flexibility index (Phi) is 5.39. The van der Waals surface area contributed by atoms with Crippen molar-refractivity contribution in [2.45, 2.75) is 38.6 Å². The van der Waals surface area contributed by atoms with E-state index in [1.54, 1.807) is 0 Å². The van der Waals surface area contributed by atoms with E-state index in [0.717, 1.165) is 57.7 Å². The van der Waals surface area contributed by atoms with E-state index < -0.39 is 0 Å². The number of hydrogen-bond acceptors (Lipinski definition) is 3. The first-order valence-corrected chi connectivity index (χ1v) is 8.67. The van der Waals surface area contributed by atoms with Crippen molar-refractivity contribution >= 4 is 17.8 Å². The molecule has 2 amide bonds. The van der Waals surface area contributed by atoms with Crippen molar-refractivity contribution in [3.8, 4) is 0 Å². The molecular weight excluding hydrogens is 260 g/mol. The topological polar surface area (TPSA) is 41.6 Å². The summed E-state index contributed by atoms with van der Waals surface area (Å²) in [4.78, 5) is 14.2. The average molecular weight is 286 g/mol. The molecule has 0 radical (unpaired) electrons. The van der Waals surface area contributed by atoms with Gasteiger partial charge in [0.2, 0.25) is 0 Å². The van der Waals surface area contributed by atoms with E-state index in [9.17, 15) is 4.79 Å². The minimum atomic E-state index is 0.122. The zero-order valence-corrected chi connectivity index (χ0v) is 12.9. The predicted octanol–water partition coefficient (Wildman–Crippen LogP) is 2.34. The molecule has 1 N–H and O–H groups in total. The number of thioether (sulfide) groups is 1. The molecule has 0 aliphatic carbocycles. The molecule has 2 saturated heterocycles. The molecule has 19 heavy (non-hydrogen) atoms. The smallest absolute Gasteiger partial charge is 0.317 e. The van der Waals surface area contributed by atoms with Crippen LogP contribution in [0, 0.1) is 5.41 Å². The van der Waals surface area contributed by atoms with Crippen molar-refractivity contribution in [3.63, 3.8) is 0 Å². The largest absolute Gasteiger partial charge is 0.381 e. The maximum Gasteiger partial charge on any atom is 0.317 e. The van der Waals surface area contributed by atoms with Crippen LogP contribution in [0.25, 0.3) is 0 Å². The Morgan fingerprint density at radius 3 is 2.84 bits per heavy atom. The average Bonchev–Trinajstić information content (AvgIpc) is 2.81. The van der Waals surface area contributed by atoms with E-state index >= 15 is 0 Å². The molecule has 2 aliphatic rings. The Morgan fingerprint density at radius 2 is 2.16 bits per heavy atom. The molecule has 1 atom stereocenters. The van der Waals surface area contributed by atoms with Crippen LogP contribution in [0.4, 0.5) is 4.79 Å². The number of carbonyl (C=O) groups excluding carboxylic acids is 1. The lowest BCUT2D eigenvalue weighted by Crippen LogP contribution is -2.44. The van der Waals surface area contributed by atoms with Crippen LogP contribution in [0.3, 0.4) is 0 Å². The van der Waals surface area contributed by atoms with Gasteiger partial charge in [0.15, 0.2) is 0 Å². The van der Waals surface area contributed by atoms with E-state index in [4.69, 9.17) is 4.74 Å². The Hall–Kier alpha value is -0.420. The summed E-state index contributed by atoms with van der Waals surface area (Å²) in [7, 11) is 0. The first kappa shape index (κ1) is 15.0. The normalized spacial score (nSPS) is 23.6. The highest BCUT2D eigenvalue weighted by molar-refractivity contribution is 7.98. The summed E-state index contributed by atoms with van der Waals surface area (Å²) in [6.45, 7) is 5.63. The second kappa shape index (κ2) is 6.84. The maximum absolute atomic E-state index is 12.2. The van der Waals surface area contributed by atoms with Gasteiger partial charge >= 0.3 is 6.03 Å². The second-order valence-electron chi connectivity index (χ2n) is 5.92. The highest BCUT2D eigenvalue weighted by Crippen LogP contribution is 2.39. The lowest BCUT2D eigenvalue weighted by atomic mass is 9.80. The molecule has 0 aromatic heterocycles. The van der Waals surface area contributed by atoms with Gasteiger partial charge in [0, 0.05) is 32.3 Å².